The summed E-state index contributed by atoms with van der Waals surface area (Å²) in [6.07, 6.45) is -4.00. The number of hydrogen-bond donors (Lipinski definition) is 0. The summed E-state index contributed by atoms with van der Waals surface area (Å²) < 4.78 is 41.7. The number of para-hydroxylation sites is 1. The Morgan fingerprint density at radius 2 is 1.81 bits per heavy atom. The predicted molar refractivity (Wildman–Crippen MR) is 101 cm³/mol. The predicted octanol–water partition coefficient (Wildman–Crippen LogP) is 5.64. The van der Waals surface area contributed by atoms with Gasteiger partial charge in [-0.3, -0.25) is 10.1 Å². The zero-order chi connectivity index (χ0) is 19.7. The molecule has 0 amide bonds. The molecule has 142 valence electrons. The van der Waals surface area contributed by atoms with E-state index in [9.17, 15) is 23.3 Å². The van der Waals surface area contributed by atoms with E-state index in [1.54, 1.807) is 18.2 Å². The molecule has 0 bridgehead atoms. The van der Waals surface area contributed by atoms with Gasteiger partial charge in [-0.05, 0) is 42.4 Å². The van der Waals surface area contributed by atoms with Crippen molar-refractivity contribution < 1.29 is 18.1 Å². The summed E-state index contributed by atoms with van der Waals surface area (Å²) in [5, 5.41) is 10.5. The summed E-state index contributed by atoms with van der Waals surface area (Å²) in [6.45, 7) is 1.71. The van der Waals surface area contributed by atoms with Crippen LogP contribution in [0.4, 0.5) is 30.2 Å². The Hall–Kier alpha value is -2.39. The van der Waals surface area contributed by atoms with Crippen molar-refractivity contribution in [3.63, 3.8) is 0 Å². The van der Waals surface area contributed by atoms with Crippen LogP contribution in [0.25, 0.3) is 0 Å². The Kier molecular flexibility index (Phi) is 5.25. The average Bonchev–Trinajstić information content (AvgIpc) is 3.02. The first-order valence-electron chi connectivity index (χ1n) is 8.29. The van der Waals surface area contributed by atoms with Crippen LogP contribution in [0.15, 0.2) is 59.6 Å². The number of nitrogens with zero attached hydrogens (tertiary/aromatic N) is 3. The minimum Gasteiger partial charge on any atom is -0.258 e. The van der Waals surface area contributed by atoms with Crippen molar-refractivity contribution in [2.45, 2.75) is 24.9 Å². The molecule has 27 heavy (non-hydrogen) atoms. The van der Waals surface area contributed by atoms with Gasteiger partial charge in [-0.2, -0.15) is 4.99 Å². The largest absolute Gasteiger partial charge is 0.572 e. The standard InChI is InChI=1S/C18H17F3N3O2S/c1-2-16-12-24(18(19,20)21,15-6-4-3-5-7-15)17(27-16)22-13-8-10-14(11-9-13)23(25)26/h3-11,16H,2,12H2,1H3/q+1. The molecule has 0 aromatic heterocycles. The van der Waals surface area contributed by atoms with Crippen molar-refractivity contribution in [3.8, 4) is 0 Å². The fourth-order valence-electron chi connectivity index (χ4n) is 3.00. The number of benzene rings is 2. The lowest BCUT2D eigenvalue weighted by Crippen LogP contribution is -2.60. The summed E-state index contributed by atoms with van der Waals surface area (Å²) in [5.74, 6) is 0. The highest BCUT2D eigenvalue weighted by Gasteiger charge is 2.65. The number of hydrogen-bond acceptors (Lipinski definition) is 4. The lowest BCUT2D eigenvalue weighted by atomic mass is 10.2. The Balaban J connectivity index is 2.13. The van der Waals surface area contributed by atoms with Gasteiger partial charge in [-0.1, -0.05) is 25.1 Å². The van der Waals surface area contributed by atoms with Gasteiger partial charge in [0, 0.05) is 12.1 Å². The highest BCUT2D eigenvalue weighted by Crippen LogP contribution is 2.48. The van der Waals surface area contributed by atoms with Crippen LogP contribution in [0.1, 0.15) is 13.3 Å². The summed E-state index contributed by atoms with van der Waals surface area (Å²) >= 11 is 1.11. The second-order valence-electron chi connectivity index (χ2n) is 6.11. The molecule has 0 N–H and O–H groups in total. The maximum atomic E-state index is 14.3. The fourth-order valence-corrected chi connectivity index (χ4v) is 4.38. The maximum Gasteiger partial charge on any atom is 0.572 e. The van der Waals surface area contributed by atoms with E-state index in [0.29, 0.717) is 6.42 Å². The normalized spacial score (nSPS) is 24.3. The van der Waals surface area contributed by atoms with Gasteiger partial charge >= 0.3 is 6.30 Å². The highest BCUT2D eigenvalue weighted by molar-refractivity contribution is 8.14. The number of halogens is 3. The van der Waals surface area contributed by atoms with Crippen LogP contribution in [0.3, 0.4) is 0 Å². The third kappa shape index (κ3) is 3.57. The van der Waals surface area contributed by atoms with Crippen molar-refractivity contribution in [1.82, 2.24) is 4.48 Å². The number of nitro benzene ring substituents is 1. The molecular weight excluding hydrogens is 379 g/mol. The van der Waals surface area contributed by atoms with Crippen molar-refractivity contribution >= 4 is 34.0 Å². The quantitative estimate of drug-likeness (QED) is 0.291. The first-order chi connectivity index (χ1) is 12.8. The van der Waals surface area contributed by atoms with Crippen LogP contribution in [0, 0.1) is 10.1 Å². The molecule has 3 rings (SSSR count). The Morgan fingerprint density at radius 1 is 1.19 bits per heavy atom. The molecule has 2 aromatic rings. The summed E-state index contributed by atoms with van der Waals surface area (Å²) in [5.41, 5.74) is 0.223. The number of alkyl halides is 3. The van der Waals surface area contributed by atoms with Gasteiger partial charge in [-0.25, -0.2) is 0 Å². The number of quaternary nitrogens is 1. The third-order valence-corrected chi connectivity index (χ3v) is 5.88. The topological polar surface area (TPSA) is 55.5 Å². The van der Waals surface area contributed by atoms with Crippen LogP contribution in [0.5, 0.6) is 0 Å². The van der Waals surface area contributed by atoms with Crippen molar-refractivity contribution in [2.75, 3.05) is 6.54 Å². The molecule has 0 spiro atoms. The molecule has 2 atom stereocenters. The number of amidine groups is 1. The molecule has 1 heterocycles. The lowest BCUT2D eigenvalue weighted by molar-refractivity contribution is -0.384. The van der Waals surface area contributed by atoms with Gasteiger partial charge < -0.3 is 0 Å². The van der Waals surface area contributed by atoms with E-state index >= 15 is 0 Å². The number of nitro groups is 1. The van der Waals surface area contributed by atoms with Crippen molar-refractivity contribution in [1.29, 1.82) is 0 Å². The summed E-state index contributed by atoms with van der Waals surface area (Å²) in [7, 11) is 0. The van der Waals surface area contributed by atoms with Gasteiger partial charge in [0.25, 0.3) is 10.9 Å². The van der Waals surface area contributed by atoms with E-state index in [-0.39, 0.29) is 34.0 Å². The van der Waals surface area contributed by atoms with Crippen LogP contribution in [-0.4, -0.2) is 28.2 Å². The van der Waals surface area contributed by atoms with E-state index in [2.05, 4.69) is 4.99 Å². The molecule has 9 heteroatoms. The van der Waals surface area contributed by atoms with Gasteiger partial charge in [0.2, 0.25) is 0 Å². The van der Waals surface area contributed by atoms with Crippen LogP contribution in [0.2, 0.25) is 0 Å². The Morgan fingerprint density at radius 3 is 2.33 bits per heavy atom. The van der Waals surface area contributed by atoms with E-state index in [1.165, 1.54) is 36.4 Å². The summed E-state index contributed by atoms with van der Waals surface area (Å²) in [4.78, 5) is 14.5. The molecular formula is C18H17F3N3O2S+. The number of non-ortho nitro benzene ring substituents is 1. The second-order valence-corrected chi connectivity index (χ2v) is 7.38. The SMILES string of the molecule is CCC1C[N+](c2ccccc2)(C(F)(F)F)C(=Nc2ccc([N+](=O)[O-])cc2)S1. The smallest absolute Gasteiger partial charge is 0.258 e. The van der Waals surface area contributed by atoms with Crippen molar-refractivity contribution in [3.05, 3.63) is 64.7 Å². The number of aliphatic imine (C=N–C) groups is 1. The van der Waals surface area contributed by atoms with Crippen molar-refractivity contribution in [2.24, 2.45) is 4.99 Å². The zero-order valence-electron chi connectivity index (χ0n) is 14.4. The van der Waals surface area contributed by atoms with E-state index in [1.807, 2.05) is 6.92 Å². The Bertz CT molecular complexity index is 856. The summed E-state index contributed by atoms with van der Waals surface area (Å²) in [6, 6.07) is 12.9. The molecule has 1 fully saturated rings. The first-order valence-corrected chi connectivity index (χ1v) is 9.17. The first kappa shape index (κ1) is 19.4. The second kappa shape index (κ2) is 7.32. The van der Waals surface area contributed by atoms with E-state index in [4.69, 9.17) is 0 Å². The molecule has 1 aliphatic heterocycles. The number of thioether (sulfide) groups is 1. The van der Waals surface area contributed by atoms with Gasteiger partial charge in [0.15, 0.2) is 0 Å². The minimum atomic E-state index is -4.57. The average molecular weight is 396 g/mol. The monoisotopic (exact) mass is 396 g/mol. The molecule has 0 saturated carbocycles. The molecule has 0 aliphatic carbocycles. The highest BCUT2D eigenvalue weighted by atomic mass is 32.2. The van der Waals surface area contributed by atoms with Crippen LogP contribution in [-0.2, 0) is 0 Å². The zero-order valence-corrected chi connectivity index (χ0v) is 15.2. The third-order valence-electron chi connectivity index (χ3n) is 4.45. The van der Waals surface area contributed by atoms with Gasteiger partial charge in [-0.15, -0.1) is 17.7 Å². The molecule has 5 nitrogen and oxygen atoms in total. The van der Waals surface area contributed by atoms with Crippen LogP contribution >= 0.6 is 11.8 Å². The molecule has 2 aromatic carbocycles. The van der Waals surface area contributed by atoms with E-state index in [0.717, 1.165) is 11.8 Å². The number of rotatable bonds is 4. The Labute approximate surface area is 158 Å². The fraction of sp³-hybridized carbons (Fsp3) is 0.278. The van der Waals surface area contributed by atoms with Gasteiger partial charge in [0.05, 0.1) is 15.9 Å². The molecule has 1 aliphatic rings. The molecule has 1 saturated heterocycles. The van der Waals surface area contributed by atoms with Crippen LogP contribution < -0.4 is 4.48 Å². The molecule has 2 unspecified atom stereocenters. The minimum absolute atomic E-state index is 0.0746. The molecule has 0 radical (unpaired) electrons. The maximum absolute atomic E-state index is 14.3. The van der Waals surface area contributed by atoms with E-state index < -0.39 is 15.7 Å². The lowest BCUT2D eigenvalue weighted by Gasteiger charge is -2.33. The van der Waals surface area contributed by atoms with Gasteiger partial charge in [0.1, 0.15) is 12.2 Å².